The molecule has 0 radical (unpaired) electrons. The van der Waals surface area contributed by atoms with E-state index in [2.05, 4.69) is 32.5 Å². The summed E-state index contributed by atoms with van der Waals surface area (Å²) in [6.07, 6.45) is 4.84. The minimum absolute atomic E-state index is 0.0316. The highest BCUT2D eigenvalue weighted by Gasteiger charge is 2.20. The molecule has 0 aromatic heterocycles. The van der Waals surface area contributed by atoms with Crippen LogP contribution in [0.1, 0.15) is 6.42 Å². The summed E-state index contributed by atoms with van der Waals surface area (Å²) >= 11 is 8.81. The van der Waals surface area contributed by atoms with Crippen LogP contribution in [0.15, 0.2) is 16.6 Å². The number of nitrogens with one attached hydrogen (secondary N) is 2. The van der Waals surface area contributed by atoms with Crippen LogP contribution < -0.4 is 10.6 Å². The summed E-state index contributed by atoms with van der Waals surface area (Å²) in [5.74, 6) is 0.299. The average molecular weight is 364 g/mol. The van der Waals surface area contributed by atoms with E-state index in [0.29, 0.717) is 0 Å². The van der Waals surface area contributed by atoms with E-state index in [0.717, 1.165) is 12.1 Å². The van der Waals surface area contributed by atoms with E-state index in [1.165, 1.54) is 0 Å². The lowest BCUT2D eigenvalue weighted by Gasteiger charge is -2.14. The number of benzene rings is 1. The first-order valence-electron chi connectivity index (χ1n) is 5.23. The van der Waals surface area contributed by atoms with Crippen molar-refractivity contribution in [1.82, 2.24) is 5.32 Å². The maximum atomic E-state index is 13.0. The van der Waals surface area contributed by atoms with Gasteiger partial charge in [-0.3, -0.25) is 0 Å². The lowest BCUT2D eigenvalue weighted by molar-refractivity contribution is -0.139. The van der Waals surface area contributed by atoms with Crippen molar-refractivity contribution in [2.75, 3.05) is 5.32 Å². The fraction of sp³-hybridized carbons (Fsp3) is 0.167. The zero-order valence-corrected chi connectivity index (χ0v) is 12.3. The lowest BCUT2D eigenvalue weighted by atomic mass is 10.2. The number of terminal acetylenes is 1. The minimum atomic E-state index is -1.26. The fourth-order valence-electron chi connectivity index (χ4n) is 1.29. The van der Waals surface area contributed by atoms with Crippen LogP contribution in [0.3, 0.4) is 0 Å². The number of hydrogen-bond acceptors (Lipinski definition) is 2. The largest absolute Gasteiger partial charge is 0.480 e. The van der Waals surface area contributed by atoms with E-state index < -0.39 is 23.9 Å². The molecular weight excluding hydrogens is 354 g/mol. The van der Waals surface area contributed by atoms with Crippen molar-refractivity contribution >= 4 is 45.2 Å². The topological polar surface area (TPSA) is 78.4 Å². The van der Waals surface area contributed by atoms with Gasteiger partial charge in [0.05, 0.1) is 10.7 Å². The van der Waals surface area contributed by atoms with Crippen LogP contribution in [0.4, 0.5) is 14.9 Å². The molecule has 1 aromatic carbocycles. The van der Waals surface area contributed by atoms with E-state index in [4.69, 9.17) is 23.1 Å². The number of halogens is 3. The first-order chi connectivity index (χ1) is 9.35. The van der Waals surface area contributed by atoms with Gasteiger partial charge < -0.3 is 15.7 Å². The van der Waals surface area contributed by atoms with Gasteiger partial charge in [0, 0.05) is 10.9 Å². The molecule has 1 atom stereocenters. The fourth-order valence-corrected chi connectivity index (χ4v) is 2.19. The Kier molecular flexibility index (Phi) is 5.80. The maximum absolute atomic E-state index is 13.0. The molecule has 0 bridgehead atoms. The predicted molar refractivity (Wildman–Crippen MR) is 76.1 cm³/mol. The van der Waals surface area contributed by atoms with Crippen LogP contribution in [0.2, 0.25) is 5.02 Å². The van der Waals surface area contributed by atoms with Crippen LogP contribution in [0, 0.1) is 18.2 Å². The van der Waals surface area contributed by atoms with Crippen molar-refractivity contribution in [3.8, 4) is 12.3 Å². The maximum Gasteiger partial charge on any atom is 0.327 e. The molecule has 8 heteroatoms. The number of carboxylic acids is 1. The first-order valence-corrected chi connectivity index (χ1v) is 6.40. The van der Waals surface area contributed by atoms with Crippen molar-refractivity contribution in [3.63, 3.8) is 0 Å². The number of carbonyl (C=O) groups is 2. The predicted octanol–water partition coefficient (Wildman–Crippen LogP) is 2.84. The molecule has 0 aliphatic rings. The van der Waals surface area contributed by atoms with Crippen LogP contribution in [0.5, 0.6) is 0 Å². The third kappa shape index (κ3) is 4.40. The summed E-state index contributed by atoms with van der Waals surface area (Å²) in [5, 5.41) is 13.3. The van der Waals surface area contributed by atoms with Crippen molar-refractivity contribution in [3.05, 3.63) is 27.4 Å². The third-order valence-corrected chi connectivity index (χ3v) is 3.09. The molecule has 0 aliphatic carbocycles. The molecule has 1 aromatic rings. The number of aliphatic carboxylic acids is 1. The van der Waals surface area contributed by atoms with Crippen LogP contribution >= 0.6 is 27.5 Å². The Labute approximate surface area is 127 Å². The Balaban J connectivity index is 2.81. The van der Waals surface area contributed by atoms with Crippen LogP contribution in [-0.2, 0) is 4.79 Å². The molecule has 20 heavy (non-hydrogen) atoms. The van der Waals surface area contributed by atoms with Gasteiger partial charge in [0.1, 0.15) is 11.9 Å². The molecule has 0 spiro atoms. The number of urea groups is 1. The number of carboxylic acid groups (broad SMARTS) is 1. The zero-order chi connectivity index (χ0) is 15.3. The number of anilines is 1. The highest BCUT2D eigenvalue weighted by molar-refractivity contribution is 9.10. The van der Waals surface area contributed by atoms with Gasteiger partial charge in [0.15, 0.2) is 0 Å². The Morgan fingerprint density at radius 1 is 1.55 bits per heavy atom. The summed E-state index contributed by atoms with van der Waals surface area (Å²) in [7, 11) is 0. The second kappa shape index (κ2) is 7.12. The quantitative estimate of drug-likeness (QED) is 0.720. The third-order valence-electron chi connectivity index (χ3n) is 2.17. The summed E-state index contributed by atoms with van der Waals surface area (Å²) in [5.41, 5.74) is 0.121. The van der Waals surface area contributed by atoms with E-state index in [1.54, 1.807) is 0 Å². The van der Waals surface area contributed by atoms with E-state index >= 15 is 0 Å². The molecule has 106 valence electrons. The molecule has 0 aliphatic heterocycles. The number of rotatable bonds is 4. The van der Waals surface area contributed by atoms with E-state index in [1.807, 2.05) is 0 Å². The molecule has 1 unspecified atom stereocenters. The standard InChI is InChI=1S/C12H9BrClFN2O3/c1-2-3-9(11(18)19)16-12(20)17-10-7(13)4-6(15)5-8(10)14/h1,4-5,9H,3H2,(H,18,19)(H2,16,17,20). The van der Waals surface area contributed by atoms with Crippen molar-refractivity contribution in [1.29, 1.82) is 0 Å². The summed E-state index contributed by atoms with van der Waals surface area (Å²) in [6.45, 7) is 0. The second-order valence-corrected chi connectivity index (χ2v) is 4.90. The molecule has 2 amide bonds. The highest BCUT2D eigenvalue weighted by Crippen LogP contribution is 2.31. The van der Waals surface area contributed by atoms with Gasteiger partial charge in [-0.2, -0.15) is 0 Å². The zero-order valence-electron chi connectivity index (χ0n) is 9.91. The Hall–Kier alpha value is -1.78. The smallest absolute Gasteiger partial charge is 0.327 e. The van der Waals surface area contributed by atoms with E-state index in [-0.39, 0.29) is 21.6 Å². The molecule has 0 heterocycles. The van der Waals surface area contributed by atoms with Crippen molar-refractivity contribution in [2.24, 2.45) is 0 Å². The SMILES string of the molecule is C#CCC(NC(=O)Nc1c(Cl)cc(F)cc1Br)C(=O)O. The molecule has 0 saturated carbocycles. The molecule has 3 N–H and O–H groups in total. The van der Waals surface area contributed by atoms with Crippen molar-refractivity contribution < 1.29 is 19.1 Å². The van der Waals surface area contributed by atoms with Gasteiger partial charge >= 0.3 is 12.0 Å². The second-order valence-electron chi connectivity index (χ2n) is 3.64. The summed E-state index contributed by atoms with van der Waals surface area (Å²) in [4.78, 5) is 22.5. The monoisotopic (exact) mass is 362 g/mol. The molecular formula is C12H9BrClFN2O3. The van der Waals surface area contributed by atoms with Crippen LogP contribution in [-0.4, -0.2) is 23.1 Å². The Bertz CT molecular complexity index is 566. The van der Waals surface area contributed by atoms with Gasteiger partial charge in [0.25, 0.3) is 0 Å². The lowest BCUT2D eigenvalue weighted by Crippen LogP contribution is -2.42. The Morgan fingerprint density at radius 2 is 2.20 bits per heavy atom. The first kappa shape index (κ1) is 16.3. The molecule has 0 fully saturated rings. The van der Waals surface area contributed by atoms with Gasteiger partial charge in [0.2, 0.25) is 0 Å². The van der Waals surface area contributed by atoms with E-state index in [9.17, 15) is 14.0 Å². The molecule has 0 saturated heterocycles. The average Bonchev–Trinajstić information content (AvgIpc) is 2.33. The van der Waals surface area contributed by atoms with Gasteiger partial charge in [-0.15, -0.1) is 12.3 Å². The van der Waals surface area contributed by atoms with Gasteiger partial charge in [-0.1, -0.05) is 11.6 Å². The molecule has 1 rings (SSSR count). The highest BCUT2D eigenvalue weighted by atomic mass is 79.9. The number of hydrogen-bond donors (Lipinski definition) is 3. The Morgan fingerprint density at radius 3 is 2.70 bits per heavy atom. The van der Waals surface area contributed by atoms with Gasteiger partial charge in [-0.25, -0.2) is 14.0 Å². The summed E-state index contributed by atoms with van der Waals surface area (Å²) in [6, 6.07) is 0.0789. The minimum Gasteiger partial charge on any atom is -0.480 e. The number of carbonyl (C=O) groups excluding carboxylic acids is 1. The number of amides is 2. The normalized spacial score (nSPS) is 11.3. The van der Waals surface area contributed by atoms with Gasteiger partial charge in [-0.05, 0) is 28.1 Å². The molecule has 5 nitrogen and oxygen atoms in total. The van der Waals surface area contributed by atoms with Crippen LogP contribution in [0.25, 0.3) is 0 Å². The summed E-state index contributed by atoms with van der Waals surface area (Å²) < 4.78 is 13.2. The van der Waals surface area contributed by atoms with Crippen molar-refractivity contribution in [2.45, 2.75) is 12.5 Å².